The van der Waals surface area contributed by atoms with E-state index in [2.05, 4.69) is 5.32 Å². The van der Waals surface area contributed by atoms with Crippen molar-refractivity contribution < 1.29 is 14.3 Å². The number of hydrogen-bond donors (Lipinski definition) is 1. The number of nitrogens with one attached hydrogen (secondary N) is 1. The lowest BCUT2D eigenvalue weighted by molar-refractivity contribution is -0.116. The van der Waals surface area contributed by atoms with E-state index < -0.39 is 0 Å². The Morgan fingerprint density at radius 2 is 2.20 bits per heavy atom. The van der Waals surface area contributed by atoms with E-state index in [4.69, 9.17) is 4.74 Å². The summed E-state index contributed by atoms with van der Waals surface area (Å²) in [5.74, 6) is 0.571. The van der Waals surface area contributed by atoms with Gasteiger partial charge in [0.1, 0.15) is 5.75 Å². The highest BCUT2D eigenvalue weighted by molar-refractivity contribution is 7.12. The number of aryl methyl sites for hydroxylation is 1. The molecule has 0 bridgehead atoms. The molecule has 1 N–H and O–H groups in total. The third kappa shape index (κ3) is 2.72. The molecule has 0 fully saturated rings. The first kappa shape index (κ1) is 12.9. The number of ketones is 1. The predicted molar refractivity (Wildman–Crippen MR) is 77.5 cm³/mol. The molecule has 0 spiro atoms. The fourth-order valence-corrected chi connectivity index (χ4v) is 2.75. The van der Waals surface area contributed by atoms with Crippen molar-refractivity contribution in [3.63, 3.8) is 0 Å². The molecule has 3 rings (SSSR count). The van der Waals surface area contributed by atoms with E-state index >= 15 is 0 Å². The second kappa shape index (κ2) is 5.46. The average molecular weight is 287 g/mol. The van der Waals surface area contributed by atoms with Gasteiger partial charge in [-0.2, -0.15) is 0 Å². The van der Waals surface area contributed by atoms with Crippen LogP contribution in [0.4, 0.5) is 5.69 Å². The first-order valence-electron chi connectivity index (χ1n) is 6.34. The van der Waals surface area contributed by atoms with Crippen molar-refractivity contribution in [1.82, 2.24) is 0 Å². The molecule has 5 heteroatoms. The molecule has 4 nitrogen and oxygen atoms in total. The molecule has 0 atom stereocenters. The van der Waals surface area contributed by atoms with Crippen LogP contribution >= 0.6 is 11.3 Å². The van der Waals surface area contributed by atoms with Crippen LogP contribution in [0.5, 0.6) is 5.75 Å². The standard InChI is InChI=1S/C15H13NO3S/c17-13(14-2-1-7-20-14)9-19-11-5-3-10-4-6-15(18)16-12(10)8-11/h1-3,5,7-8H,4,6,9H2,(H,16,18). The molecule has 20 heavy (non-hydrogen) atoms. The van der Waals surface area contributed by atoms with Crippen LogP contribution in [0, 0.1) is 0 Å². The summed E-state index contributed by atoms with van der Waals surface area (Å²) in [7, 11) is 0. The largest absolute Gasteiger partial charge is 0.485 e. The van der Waals surface area contributed by atoms with Gasteiger partial charge in [-0.15, -0.1) is 11.3 Å². The molecule has 2 heterocycles. The molecule has 2 aromatic rings. The smallest absolute Gasteiger partial charge is 0.224 e. The van der Waals surface area contributed by atoms with Crippen LogP contribution in [0.3, 0.4) is 0 Å². The number of rotatable bonds is 4. The van der Waals surface area contributed by atoms with E-state index in [0.717, 1.165) is 17.7 Å². The molecule has 0 saturated heterocycles. The van der Waals surface area contributed by atoms with Gasteiger partial charge in [0.25, 0.3) is 0 Å². The minimum absolute atomic E-state index is 0.00719. The molecule has 102 valence electrons. The summed E-state index contributed by atoms with van der Waals surface area (Å²) in [4.78, 5) is 23.9. The Bertz CT molecular complexity index is 649. The number of benzene rings is 1. The molecular weight excluding hydrogens is 274 g/mol. The Morgan fingerprint density at radius 1 is 1.30 bits per heavy atom. The van der Waals surface area contributed by atoms with Gasteiger partial charge in [0.2, 0.25) is 11.7 Å². The van der Waals surface area contributed by atoms with E-state index in [1.807, 2.05) is 23.6 Å². The van der Waals surface area contributed by atoms with E-state index in [-0.39, 0.29) is 18.3 Å². The van der Waals surface area contributed by atoms with Gasteiger partial charge in [-0.3, -0.25) is 9.59 Å². The van der Waals surface area contributed by atoms with Gasteiger partial charge in [-0.1, -0.05) is 12.1 Å². The van der Waals surface area contributed by atoms with Crippen molar-refractivity contribution in [1.29, 1.82) is 0 Å². The van der Waals surface area contributed by atoms with Crippen LogP contribution in [0.2, 0.25) is 0 Å². The maximum Gasteiger partial charge on any atom is 0.224 e. The maximum absolute atomic E-state index is 11.8. The van der Waals surface area contributed by atoms with Gasteiger partial charge < -0.3 is 10.1 Å². The molecule has 0 radical (unpaired) electrons. The number of anilines is 1. The highest BCUT2D eigenvalue weighted by atomic mass is 32.1. The van der Waals surface area contributed by atoms with Crippen LogP contribution in [-0.2, 0) is 11.2 Å². The van der Waals surface area contributed by atoms with Gasteiger partial charge in [-0.05, 0) is 29.5 Å². The van der Waals surface area contributed by atoms with Gasteiger partial charge in [-0.25, -0.2) is 0 Å². The lowest BCUT2D eigenvalue weighted by atomic mass is 10.0. The minimum atomic E-state index is -0.0400. The highest BCUT2D eigenvalue weighted by Gasteiger charge is 2.15. The molecule has 1 aromatic heterocycles. The summed E-state index contributed by atoms with van der Waals surface area (Å²) in [6.45, 7) is 0.00719. The average Bonchev–Trinajstić information content (AvgIpc) is 2.98. The number of fused-ring (bicyclic) bond motifs is 1. The maximum atomic E-state index is 11.8. The van der Waals surface area contributed by atoms with Crippen LogP contribution in [0.15, 0.2) is 35.7 Å². The molecule has 1 aliphatic rings. The van der Waals surface area contributed by atoms with Gasteiger partial charge in [0.15, 0.2) is 6.61 Å². The monoisotopic (exact) mass is 287 g/mol. The summed E-state index contributed by atoms with van der Waals surface area (Å²) >= 11 is 1.40. The molecule has 1 amide bonds. The second-order valence-electron chi connectivity index (χ2n) is 4.56. The highest BCUT2D eigenvalue weighted by Crippen LogP contribution is 2.27. The topological polar surface area (TPSA) is 55.4 Å². The van der Waals surface area contributed by atoms with Crippen molar-refractivity contribution in [3.05, 3.63) is 46.2 Å². The summed E-state index contributed by atoms with van der Waals surface area (Å²) < 4.78 is 5.50. The number of carbonyl (C=O) groups is 2. The number of amides is 1. The summed E-state index contributed by atoms with van der Waals surface area (Å²) in [5.41, 5.74) is 1.88. The SMILES string of the molecule is O=C1CCc2ccc(OCC(=O)c3cccs3)cc2N1. The number of ether oxygens (including phenoxy) is 1. The second-order valence-corrected chi connectivity index (χ2v) is 5.50. The third-order valence-electron chi connectivity index (χ3n) is 3.14. The van der Waals surface area contributed by atoms with E-state index in [0.29, 0.717) is 17.0 Å². The molecule has 0 unspecified atom stereocenters. The quantitative estimate of drug-likeness (QED) is 0.880. The van der Waals surface area contributed by atoms with Gasteiger partial charge >= 0.3 is 0 Å². The zero-order valence-corrected chi connectivity index (χ0v) is 11.5. The molecule has 0 saturated carbocycles. The number of Topliss-reactive ketones (excluding diaryl/α,β-unsaturated/α-hetero) is 1. The molecular formula is C15H13NO3S. The van der Waals surface area contributed by atoms with Crippen LogP contribution < -0.4 is 10.1 Å². The zero-order valence-electron chi connectivity index (χ0n) is 10.7. The first-order chi connectivity index (χ1) is 9.72. The van der Waals surface area contributed by atoms with Crippen LogP contribution in [-0.4, -0.2) is 18.3 Å². The van der Waals surface area contributed by atoms with E-state index in [9.17, 15) is 9.59 Å². The van der Waals surface area contributed by atoms with E-state index in [1.165, 1.54) is 11.3 Å². The normalized spacial score (nSPS) is 13.5. The van der Waals surface area contributed by atoms with Crippen LogP contribution in [0.1, 0.15) is 21.7 Å². The Kier molecular flexibility index (Phi) is 3.52. The van der Waals surface area contributed by atoms with Gasteiger partial charge in [0, 0.05) is 18.2 Å². The Morgan fingerprint density at radius 3 is 3.00 bits per heavy atom. The van der Waals surface area contributed by atoms with Crippen molar-refractivity contribution in [3.8, 4) is 5.75 Å². The summed E-state index contributed by atoms with van der Waals surface area (Å²) in [6, 6.07) is 9.15. The predicted octanol–water partition coefficient (Wildman–Crippen LogP) is 2.89. The number of carbonyl (C=O) groups excluding carboxylic acids is 2. The fraction of sp³-hybridized carbons (Fsp3) is 0.200. The molecule has 1 aromatic carbocycles. The van der Waals surface area contributed by atoms with Crippen molar-refractivity contribution in [2.24, 2.45) is 0 Å². The van der Waals surface area contributed by atoms with E-state index in [1.54, 1.807) is 12.1 Å². The fourth-order valence-electron chi connectivity index (χ4n) is 2.10. The van der Waals surface area contributed by atoms with Gasteiger partial charge in [0.05, 0.1) is 4.88 Å². The Hall–Kier alpha value is -2.14. The Balaban J connectivity index is 1.68. The van der Waals surface area contributed by atoms with Crippen LogP contribution in [0.25, 0.3) is 0 Å². The third-order valence-corrected chi connectivity index (χ3v) is 4.05. The molecule has 0 aliphatic carbocycles. The van der Waals surface area contributed by atoms with Crippen molar-refractivity contribution >= 4 is 28.7 Å². The number of hydrogen-bond acceptors (Lipinski definition) is 4. The lowest BCUT2D eigenvalue weighted by Gasteiger charge is -2.17. The Labute approximate surface area is 120 Å². The molecule has 1 aliphatic heterocycles. The number of thiophene rings is 1. The van der Waals surface area contributed by atoms with Crippen molar-refractivity contribution in [2.45, 2.75) is 12.8 Å². The lowest BCUT2D eigenvalue weighted by Crippen LogP contribution is -2.19. The summed E-state index contributed by atoms with van der Waals surface area (Å²) in [5, 5.41) is 4.68. The van der Waals surface area contributed by atoms with Crippen molar-refractivity contribution in [2.75, 3.05) is 11.9 Å². The minimum Gasteiger partial charge on any atom is -0.485 e. The zero-order chi connectivity index (χ0) is 13.9. The first-order valence-corrected chi connectivity index (χ1v) is 7.22. The summed E-state index contributed by atoms with van der Waals surface area (Å²) in [6.07, 6.45) is 1.26.